The molecule has 0 aromatic carbocycles. The predicted molar refractivity (Wildman–Crippen MR) is 102 cm³/mol. The first-order chi connectivity index (χ1) is 7.89. The molecule has 0 aromatic heterocycles. The maximum atomic E-state index is 5.90. The second kappa shape index (κ2) is 12.3. The van der Waals surface area contributed by atoms with Gasteiger partial charge in [-0.25, -0.2) is 4.58 Å². The van der Waals surface area contributed by atoms with E-state index < -0.39 is 25.4 Å². The van der Waals surface area contributed by atoms with E-state index in [-0.39, 0.29) is 14.9 Å². The van der Waals surface area contributed by atoms with Gasteiger partial charge in [0.2, 0.25) is 8.32 Å². The van der Waals surface area contributed by atoms with Crippen LogP contribution in [0.15, 0.2) is 0 Å². The summed E-state index contributed by atoms with van der Waals surface area (Å²) in [6.45, 7) is 18.9. The van der Waals surface area contributed by atoms with Gasteiger partial charge in [0.25, 0.3) is 0 Å². The van der Waals surface area contributed by atoms with E-state index in [4.69, 9.17) is 17.7 Å². The molecule has 0 bridgehead atoms. The molecule has 4 nitrogen and oxygen atoms in total. The van der Waals surface area contributed by atoms with Gasteiger partial charge in [-0.1, -0.05) is 27.9 Å². The largest absolute Gasteiger partial charge is 0.514 e. The van der Waals surface area contributed by atoms with Gasteiger partial charge in [0.05, 0.1) is 0 Å². The lowest BCUT2D eigenvalue weighted by Crippen LogP contribution is -2.50. The first-order valence-corrected chi connectivity index (χ1v) is 18.4. The summed E-state index contributed by atoms with van der Waals surface area (Å²) in [5.74, 6) is 0. The van der Waals surface area contributed by atoms with E-state index in [0.29, 0.717) is 9.52 Å². The van der Waals surface area contributed by atoms with Gasteiger partial charge in [-0.15, -0.1) is 0 Å². The fraction of sp³-hybridized carbons (Fsp3) is 1.00. The van der Waals surface area contributed by atoms with Gasteiger partial charge < -0.3 is 8.54 Å². The minimum atomic E-state index is -2.59. The van der Waals surface area contributed by atoms with Crippen molar-refractivity contribution in [3.63, 3.8) is 0 Å². The van der Waals surface area contributed by atoms with Gasteiger partial charge >= 0.3 is 8.80 Å². The fourth-order valence-electron chi connectivity index (χ4n) is 0.850. The molecule has 0 amide bonds. The number of hydrogen-bond donors (Lipinski definition) is 0. The molecule has 1 unspecified atom stereocenters. The highest BCUT2D eigenvalue weighted by atomic mass is 28.5. The van der Waals surface area contributed by atoms with E-state index >= 15 is 0 Å². The van der Waals surface area contributed by atoms with Crippen molar-refractivity contribution < 1.29 is 17.7 Å². The Bertz CT molecular complexity index is 216. The zero-order valence-corrected chi connectivity index (χ0v) is 18.3. The minimum Gasteiger partial charge on any atom is -0.415 e. The van der Waals surface area contributed by atoms with E-state index in [0.717, 1.165) is 0 Å². The van der Waals surface area contributed by atoms with Gasteiger partial charge in [0.15, 0.2) is 8.32 Å². The van der Waals surface area contributed by atoms with Crippen molar-refractivity contribution in [1.82, 2.24) is 0 Å². The molecule has 0 heterocycles. The fourth-order valence-corrected chi connectivity index (χ4v) is 7.44. The zero-order valence-electron chi connectivity index (χ0n) is 13.8. The van der Waals surface area contributed by atoms with Crippen molar-refractivity contribution >= 4 is 35.0 Å². The summed E-state index contributed by atoms with van der Waals surface area (Å²) < 4.78 is 22.1. The quantitative estimate of drug-likeness (QED) is 0.400. The van der Waals surface area contributed by atoms with Gasteiger partial charge in [-0.05, 0) is 39.3 Å². The second-order valence-electron chi connectivity index (χ2n) is 6.27. The van der Waals surface area contributed by atoms with Gasteiger partial charge in [0.1, 0.15) is 0 Å². The van der Waals surface area contributed by atoms with Crippen molar-refractivity contribution in [3.8, 4) is 0 Å². The summed E-state index contributed by atoms with van der Waals surface area (Å²) in [6.07, 6.45) is 0. The molecule has 128 valence electrons. The molecule has 0 aliphatic rings. The average Bonchev–Trinajstić information content (AvgIpc) is 2.13. The number of hydrogen-bond acceptors (Lipinski definition) is 4. The van der Waals surface area contributed by atoms with Crippen molar-refractivity contribution in [1.29, 1.82) is 0 Å². The Hall–Kier alpha value is 0.708. The van der Waals surface area contributed by atoms with E-state index in [9.17, 15) is 0 Å². The molecular weight excluding hydrogens is 320 g/mol. The smallest absolute Gasteiger partial charge is 0.415 e. The third-order valence-corrected chi connectivity index (χ3v) is 7.12. The van der Waals surface area contributed by atoms with Crippen LogP contribution in [0, 0.1) is 0 Å². The minimum absolute atomic E-state index is 0. The molecule has 20 heavy (non-hydrogen) atoms. The maximum Gasteiger partial charge on any atom is 0.514 e. The van der Waals surface area contributed by atoms with Gasteiger partial charge in [-0.3, -0.25) is 4.58 Å². The van der Waals surface area contributed by atoms with E-state index in [1.165, 1.54) is 0 Å². The first kappa shape index (κ1) is 28.8. The lowest BCUT2D eigenvalue weighted by Gasteiger charge is -2.32. The third-order valence-electron chi connectivity index (χ3n) is 1.31. The summed E-state index contributed by atoms with van der Waals surface area (Å²) >= 11 is 0. The standard InChI is InChI=1S/C8H24O4Si3.C2H8Si.2CH4/c1-9-15(8,12-14(5,6)7)11-10-13(2,3)4;1-3-2;;/h1-8H3;3H2,1-2H3;2*1H4. The van der Waals surface area contributed by atoms with Crippen LogP contribution in [-0.2, 0) is 17.7 Å². The SMILES string of the molecule is C.C.CO[Si](C)(OO[Si](C)(C)C)O[Si](C)(C)C.C[SiH2]C. The zero-order chi connectivity index (χ0) is 15.0. The highest BCUT2D eigenvalue weighted by Gasteiger charge is 2.41. The molecule has 0 rings (SSSR count). The van der Waals surface area contributed by atoms with Crippen LogP contribution >= 0.6 is 0 Å². The molecule has 0 radical (unpaired) electrons. The third kappa shape index (κ3) is 21.0. The Morgan fingerprint density at radius 1 is 0.700 bits per heavy atom. The topological polar surface area (TPSA) is 36.9 Å². The molecule has 0 aliphatic carbocycles. The molecule has 0 N–H and O–H groups in total. The molecular formula is C12H40O4Si4. The molecule has 0 aromatic rings. The molecule has 0 aliphatic heterocycles. The Morgan fingerprint density at radius 2 is 1.05 bits per heavy atom. The van der Waals surface area contributed by atoms with Crippen LogP contribution in [0.1, 0.15) is 14.9 Å². The van der Waals surface area contributed by atoms with Gasteiger partial charge in [0, 0.05) is 23.2 Å². The van der Waals surface area contributed by atoms with E-state index in [2.05, 4.69) is 52.4 Å². The molecule has 1 atom stereocenters. The number of rotatable bonds is 6. The van der Waals surface area contributed by atoms with Crippen molar-refractivity contribution in [3.05, 3.63) is 0 Å². The lowest BCUT2D eigenvalue weighted by molar-refractivity contribution is -0.161. The monoisotopic (exact) mass is 360 g/mol. The predicted octanol–water partition coefficient (Wildman–Crippen LogP) is 4.36. The Kier molecular flexibility index (Phi) is 17.7. The highest BCUT2D eigenvalue weighted by molar-refractivity contribution is 6.79. The average molecular weight is 361 g/mol. The van der Waals surface area contributed by atoms with Crippen LogP contribution in [0.5, 0.6) is 0 Å². The van der Waals surface area contributed by atoms with Crippen LogP contribution in [0.25, 0.3) is 0 Å². The summed E-state index contributed by atoms with van der Waals surface area (Å²) in [6, 6.07) is 0. The molecule has 8 heteroatoms. The van der Waals surface area contributed by atoms with Crippen LogP contribution in [0.2, 0.25) is 58.9 Å². The first-order valence-electron chi connectivity index (χ1n) is 6.51. The summed E-state index contributed by atoms with van der Waals surface area (Å²) in [7, 11) is -3.92. The molecule has 0 saturated heterocycles. The van der Waals surface area contributed by atoms with Crippen LogP contribution < -0.4 is 0 Å². The lowest BCUT2D eigenvalue weighted by atomic mass is 11.8. The van der Waals surface area contributed by atoms with Crippen LogP contribution in [0.4, 0.5) is 0 Å². The second-order valence-corrected chi connectivity index (χ2v) is 19.4. The van der Waals surface area contributed by atoms with E-state index in [1.807, 2.05) is 6.55 Å². The molecule has 0 spiro atoms. The van der Waals surface area contributed by atoms with Crippen LogP contribution in [0.3, 0.4) is 0 Å². The van der Waals surface area contributed by atoms with Crippen LogP contribution in [-0.4, -0.2) is 42.1 Å². The highest BCUT2D eigenvalue weighted by Crippen LogP contribution is 2.18. The summed E-state index contributed by atoms with van der Waals surface area (Å²) in [5.41, 5.74) is 0. The van der Waals surface area contributed by atoms with Crippen molar-refractivity contribution in [2.75, 3.05) is 7.11 Å². The Balaban J connectivity index is -0.000000233. The Morgan fingerprint density at radius 3 is 1.25 bits per heavy atom. The summed E-state index contributed by atoms with van der Waals surface area (Å²) in [4.78, 5) is 0. The molecule has 0 fully saturated rings. The summed E-state index contributed by atoms with van der Waals surface area (Å²) in [5, 5.41) is 0. The van der Waals surface area contributed by atoms with E-state index in [1.54, 1.807) is 7.11 Å². The maximum absolute atomic E-state index is 5.90. The van der Waals surface area contributed by atoms with Crippen molar-refractivity contribution in [2.24, 2.45) is 0 Å². The normalized spacial score (nSPS) is 14.1. The Labute approximate surface area is 133 Å². The molecule has 0 saturated carbocycles. The van der Waals surface area contributed by atoms with Crippen molar-refractivity contribution in [2.45, 2.75) is 73.8 Å². The van der Waals surface area contributed by atoms with Gasteiger partial charge in [-0.2, -0.15) is 0 Å².